The third-order valence-electron chi connectivity index (χ3n) is 3.03. The van der Waals surface area contributed by atoms with Gasteiger partial charge in [0.1, 0.15) is 5.69 Å². The van der Waals surface area contributed by atoms with Gasteiger partial charge in [-0.15, -0.1) is 0 Å². The molecule has 0 aliphatic heterocycles. The SMILES string of the molecule is CCCCNc1ccc(C(=O)NCc2cccnc2)nc1. The molecule has 0 unspecified atom stereocenters. The third kappa shape index (κ3) is 4.87. The van der Waals surface area contributed by atoms with Crippen LogP contribution in [0, 0.1) is 0 Å². The second-order valence-electron chi connectivity index (χ2n) is 4.76. The van der Waals surface area contributed by atoms with Crippen molar-refractivity contribution in [3.05, 3.63) is 54.1 Å². The lowest BCUT2D eigenvalue weighted by atomic mass is 10.2. The summed E-state index contributed by atoms with van der Waals surface area (Å²) in [6.45, 7) is 3.52. The Hall–Kier alpha value is -2.43. The second-order valence-corrected chi connectivity index (χ2v) is 4.76. The molecule has 2 N–H and O–H groups in total. The van der Waals surface area contributed by atoms with Gasteiger partial charge in [0.25, 0.3) is 5.91 Å². The first-order valence-electron chi connectivity index (χ1n) is 7.16. The van der Waals surface area contributed by atoms with E-state index in [2.05, 4.69) is 27.5 Å². The summed E-state index contributed by atoms with van der Waals surface area (Å²) in [6.07, 6.45) is 7.39. The number of aromatic nitrogens is 2. The minimum absolute atomic E-state index is 0.182. The first-order valence-corrected chi connectivity index (χ1v) is 7.16. The van der Waals surface area contributed by atoms with Crippen LogP contribution in [0.1, 0.15) is 35.8 Å². The molecular weight excluding hydrogens is 264 g/mol. The molecule has 0 spiro atoms. The smallest absolute Gasteiger partial charge is 0.270 e. The fraction of sp³-hybridized carbons (Fsp3) is 0.312. The monoisotopic (exact) mass is 284 g/mol. The van der Waals surface area contributed by atoms with E-state index in [0.29, 0.717) is 12.2 Å². The zero-order valence-electron chi connectivity index (χ0n) is 12.2. The lowest BCUT2D eigenvalue weighted by molar-refractivity contribution is 0.0946. The van der Waals surface area contributed by atoms with Crippen LogP contribution in [0.25, 0.3) is 0 Å². The van der Waals surface area contributed by atoms with Crippen LogP contribution in [0.2, 0.25) is 0 Å². The molecule has 0 aromatic carbocycles. The average Bonchev–Trinajstić information content (AvgIpc) is 2.54. The summed E-state index contributed by atoms with van der Waals surface area (Å²) in [5.74, 6) is -0.182. The van der Waals surface area contributed by atoms with Crippen molar-refractivity contribution in [2.45, 2.75) is 26.3 Å². The molecule has 5 heteroatoms. The molecule has 0 bridgehead atoms. The number of anilines is 1. The quantitative estimate of drug-likeness (QED) is 0.767. The maximum Gasteiger partial charge on any atom is 0.270 e. The highest BCUT2D eigenvalue weighted by Gasteiger charge is 2.06. The summed E-state index contributed by atoms with van der Waals surface area (Å²) in [7, 11) is 0. The van der Waals surface area contributed by atoms with E-state index in [1.54, 1.807) is 24.7 Å². The largest absolute Gasteiger partial charge is 0.384 e. The number of hydrogen-bond donors (Lipinski definition) is 2. The van der Waals surface area contributed by atoms with Crippen molar-refractivity contribution in [3.8, 4) is 0 Å². The molecule has 2 rings (SSSR count). The minimum Gasteiger partial charge on any atom is -0.384 e. The van der Waals surface area contributed by atoms with Crippen molar-refractivity contribution >= 4 is 11.6 Å². The second kappa shape index (κ2) is 7.99. The maximum atomic E-state index is 12.0. The highest BCUT2D eigenvalue weighted by molar-refractivity contribution is 5.92. The summed E-state index contributed by atoms with van der Waals surface area (Å²) in [4.78, 5) is 20.2. The Balaban J connectivity index is 1.85. The number of nitrogens with one attached hydrogen (secondary N) is 2. The molecule has 2 aromatic heterocycles. The number of unbranched alkanes of at least 4 members (excludes halogenated alkanes) is 1. The number of rotatable bonds is 7. The van der Waals surface area contributed by atoms with Crippen LogP contribution < -0.4 is 10.6 Å². The van der Waals surface area contributed by atoms with Crippen LogP contribution in [-0.4, -0.2) is 22.4 Å². The van der Waals surface area contributed by atoms with Gasteiger partial charge >= 0.3 is 0 Å². The van der Waals surface area contributed by atoms with Gasteiger partial charge < -0.3 is 10.6 Å². The normalized spacial score (nSPS) is 10.1. The van der Waals surface area contributed by atoms with E-state index in [4.69, 9.17) is 0 Å². The molecule has 21 heavy (non-hydrogen) atoms. The van der Waals surface area contributed by atoms with E-state index in [0.717, 1.165) is 30.6 Å². The molecule has 0 saturated heterocycles. The first kappa shape index (κ1) is 15.0. The Morgan fingerprint density at radius 2 is 2.14 bits per heavy atom. The number of nitrogens with zero attached hydrogens (tertiary/aromatic N) is 2. The summed E-state index contributed by atoms with van der Waals surface area (Å²) >= 11 is 0. The van der Waals surface area contributed by atoms with Crippen LogP contribution in [0.5, 0.6) is 0 Å². The van der Waals surface area contributed by atoms with E-state index in [-0.39, 0.29) is 5.91 Å². The van der Waals surface area contributed by atoms with Gasteiger partial charge in [0.2, 0.25) is 0 Å². The third-order valence-corrected chi connectivity index (χ3v) is 3.03. The van der Waals surface area contributed by atoms with E-state index >= 15 is 0 Å². The summed E-state index contributed by atoms with van der Waals surface area (Å²) in [6, 6.07) is 7.37. The van der Waals surface area contributed by atoms with Crippen LogP contribution in [0.15, 0.2) is 42.9 Å². The molecule has 0 fully saturated rings. The van der Waals surface area contributed by atoms with Gasteiger partial charge in [0, 0.05) is 25.5 Å². The molecule has 2 heterocycles. The topological polar surface area (TPSA) is 66.9 Å². The molecule has 0 aliphatic rings. The van der Waals surface area contributed by atoms with Crippen molar-refractivity contribution in [1.82, 2.24) is 15.3 Å². The predicted molar refractivity (Wildman–Crippen MR) is 83.0 cm³/mol. The Morgan fingerprint density at radius 1 is 1.24 bits per heavy atom. The molecular formula is C16H20N4O. The van der Waals surface area contributed by atoms with Gasteiger partial charge in [-0.2, -0.15) is 0 Å². The van der Waals surface area contributed by atoms with Gasteiger partial charge in [-0.05, 0) is 30.2 Å². The molecule has 1 amide bonds. The van der Waals surface area contributed by atoms with Gasteiger partial charge in [0.15, 0.2) is 0 Å². The first-order chi connectivity index (χ1) is 10.3. The molecule has 0 radical (unpaired) electrons. The van der Waals surface area contributed by atoms with Crippen molar-refractivity contribution in [1.29, 1.82) is 0 Å². The highest BCUT2D eigenvalue weighted by Crippen LogP contribution is 2.07. The Bertz CT molecular complexity index is 554. The standard InChI is InChI=1S/C16H20N4O/c1-2-3-9-18-14-6-7-15(19-12-14)16(21)20-11-13-5-4-8-17-10-13/h4-8,10,12,18H,2-3,9,11H2,1H3,(H,20,21). The molecule has 2 aromatic rings. The summed E-state index contributed by atoms with van der Waals surface area (Å²) < 4.78 is 0. The number of amides is 1. The van der Waals surface area contributed by atoms with Crippen molar-refractivity contribution in [3.63, 3.8) is 0 Å². The Morgan fingerprint density at radius 3 is 2.81 bits per heavy atom. The fourth-order valence-electron chi connectivity index (χ4n) is 1.82. The van der Waals surface area contributed by atoms with E-state index < -0.39 is 0 Å². The van der Waals surface area contributed by atoms with Gasteiger partial charge in [-0.3, -0.25) is 9.78 Å². The Kier molecular flexibility index (Phi) is 5.70. The number of carbonyl (C=O) groups is 1. The highest BCUT2D eigenvalue weighted by atomic mass is 16.1. The number of carbonyl (C=O) groups excluding carboxylic acids is 1. The van der Waals surface area contributed by atoms with Crippen molar-refractivity contribution < 1.29 is 4.79 Å². The minimum atomic E-state index is -0.182. The summed E-state index contributed by atoms with van der Waals surface area (Å²) in [5.41, 5.74) is 2.32. The zero-order valence-corrected chi connectivity index (χ0v) is 12.2. The van der Waals surface area contributed by atoms with Crippen LogP contribution in [0.4, 0.5) is 5.69 Å². The fourth-order valence-corrected chi connectivity index (χ4v) is 1.82. The molecule has 0 aliphatic carbocycles. The van der Waals surface area contributed by atoms with Gasteiger partial charge in [0.05, 0.1) is 11.9 Å². The average molecular weight is 284 g/mol. The van der Waals surface area contributed by atoms with Crippen molar-refractivity contribution in [2.75, 3.05) is 11.9 Å². The number of hydrogen-bond acceptors (Lipinski definition) is 4. The molecule has 0 atom stereocenters. The lowest BCUT2D eigenvalue weighted by Gasteiger charge is -2.07. The van der Waals surface area contributed by atoms with E-state index in [1.165, 1.54) is 0 Å². The van der Waals surface area contributed by atoms with Crippen LogP contribution >= 0.6 is 0 Å². The zero-order chi connectivity index (χ0) is 14.9. The van der Waals surface area contributed by atoms with E-state index in [1.807, 2.05) is 18.2 Å². The number of pyridine rings is 2. The molecule has 5 nitrogen and oxygen atoms in total. The molecule has 110 valence electrons. The van der Waals surface area contributed by atoms with Gasteiger partial charge in [-0.25, -0.2) is 4.98 Å². The lowest BCUT2D eigenvalue weighted by Crippen LogP contribution is -2.23. The van der Waals surface area contributed by atoms with E-state index in [9.17, 15) is 4.79 Å². The van der Waals surface area contributed by atoms with Crippen LogP contribution in [0.3, 0.4) is 0 Å². The Labute approximate surface area is 124 Å². The summed E-state index contributed by atoms with van der Waals surface area (Å²) in [5, 5.41) is 6.09. The van der Waals surface area contributed by atoms with Gasteiger partial charge in [-0.1, -0.05) is 19.4 Å². The van der Waals surface area contributed by atoms with Crippen molar-refractivity contribution in [2.24, 2.45) is 0 Å². The predicted octanol–water partition coefficient (Wildman–Crippen LogP) is 2.62. The molecule has 0 saturated carbocycles. The van der Waals surface area contributed by atoms with Crippen LogP contribution in [-0.2, 0) is 6.54 Å². The maximum absolute atomic E-state index is 12.0.